The molecule has 0 spiro atoms. The Morgan fingerprint density at radius 1 is 1.35 bits per heavy atom. The number of aryl methyl sites for hydroxylation is 2. The molecule has 1 aromatic carbocycles. The SMILES string of the molecule is Cc1ccc(C)c(OCCN2CCCC2CCCO)c1. The molecular weight excluding hydrogens is 250 g/mol. The van der Waals surface area contributed by atoms with E-state index < -0.39 is 0 Å². The molecule has 1 fully saturated rings. The van der Waals surface area contributed by atoms with Gasteiger partial charge in [0.2, 0.25) is 0 Å². The van der Waals surface area contributed by atoms with E-state index in [0.717, 1.165) is 31.7 Å². The first-order valence-electron chi connectivity index (χ1n) is 7.75. The maximum Gasteiger partial charge on any atom is 0.122 e. The standard InChI is InChI=1S/C17H27NO2/c1-14-7-8-15(2)17(13-14)20-12-10-18-9-3-5-16(18)6-4-11-19/h7-8,13,16,19H,3-6,9-12H2,1-2H3. The number of ether oxygens (including phenoxy) is 1. The molecule has 1 heterocycles. The van der Waals surface area contributed by atoms with Gasteiger partial charge in [-0.2, -0.15) is 0 Å². The van der Waals surface area contributed by atoms with Gasteiger partial charge in [0.15, 0.2) is 0 Å². The summed E-state index contributed by atoms with van der Waals surface area (Å²) in [6, 6.07) is 6.99. The van der Waals surface area contributed by atoms with Gasteiger partial charge in [0.05, 0.1) is 0 Å². The number of hydrogen-bond donors (Lipinski definition) is 1. The number of hydrogen-bond acceptors (Lipinski definition) is 3. The first kappa shape index (κ1) is 15.3. The molecule has 112 valence electrons. The summed E-state index contributed by atoms with van der Waals surface area (Å²) in [5.74, 6) is 1.01. The molecule has 0 aromatic heterocycles. The zero-order chi connectivity index (χ0) is 14.4. The van der Waals surface area contributed by atoms with Gasteiger partial charge in [-0.05, 0) is 63.3 Å². The average molecular weight is 277 g/mol. The van der Waals surface area contributed by atoms with Gasteiger partial charge in [0, 0.05) is 19.2 Å². The second-order valence-electron chi connectivity index (χ2n) is 5.82. The molecule has 1 atom stereocenters. The summed E-state index contributed by atoms with van der Waals surface area (Å²) in [4.78, 5) is 2.51. The normalized spacial score (nSPS) is 19.4. The van der Waals surface area contributed by atoms with E-state index in [1.165, 1.54) is 30.5 Å². The van der Waals surface area contributed by atoms with Gasteiger partial charge < -0.3 is 9.84 Å². The fourth-order valence-electron chi connectivity index (χ4n) is 2.98. The van der Waals surface area contributed by atoms with Crippen LogP contribution in [0.5, 0.6) is 5.75 Å². The van der Waals surface area contributed by atoms with Crippen LogP contribution in [0.2, 0.25) is 0 Å². The van der Waals surface area contributed by atoms with E-state index in [-0.39, 0.29) is 0 Å². The van der Waals surface area contributed by atoms with Gasteiger partial charge in [-0.3, -0.25) is 4.90 Å². The molecule has 3 heteroatoms. The molecule has 1 saturated heterocycles. The Kier molecular flexibility index (Phi) is 5.86. The number of benzene rings is 1. The van der Waals surface area contributed by atoms with Crippen LogP contribution in [0, 0.1) is 13.8 Å². The van der Waals surface area contributed by atoms with Gasteiger partial charge in [0.1, 0.15) is 12.4 Å². The van der Waals surface area contributed by atoms with Crippen LogP contribution in [-0.2, 0) is 0 Å². The van der Waals surface area contributed by atoms with Crippen LogP contribution in [0.4, 0.5) is 0 Å². The molecule has 2 rings (SSSR count). The van der Waals surface area contributed by atoms with Crippen LogP contribution in [0.1, 0.15) is 36.8 Å². The van der Waals surface area contributed by atoms with Crippen molar-refractivity contribution < 1.29 is 9.84 Å². The highest BCUT2D eigenvalue weighted by Gasteiger charge is 2.23. The quantitative estimate of drug-likeness (QED) is 0.832. The first-order chi connectivity index (χ1) is 9.70. The van der Waals surface area contributed by atoms with Crippen molar-refractivity contribution in [3.63, 3.8) is 0 Å². The number of likely N-dealkylation sites (tertiary alicyclic amines) is 1. The summed E-state index contributed by atoms with van der Waals surface area (Å²) in [6.07, 6.45) is 4.57. The number of aliphatic hydroxyl groups excluding tert-OH is 1. The molecule has 0 amide bonds. The molecule has 1 aliphatic rings. The lowest BCUT2D eigenvalue weighted by Crippen LogP contribution is -2.33. The minimum Gasteiger partial charge on any atom is -0.492 e. The van der Waals surface area contributed by atoms with Gasteiger partial charge in [-0.25, -0.2) is 0 Å². The Morgan fingerprint density at radius 3 is 3.00 bits per heavy atom. The van der Waals surface area contributed by atoms with Crippen molar-refractivity contribution in [2.75, 3.05) is 26.3 Å². The lowest BCUT2D eigenvalue weighted by atomic mass is 10.1. The molecular formula is C17H27NO2. The fraction of sp³-hybridized carbons (Fsp3) is 0.647. The van der Waals surface area contributed by atoms with Crippen molar-refractivity contribution in [3.8, 4) is 5.75 Å². The third kappa shape index (κ3) is 4.22. The molecule has 3 nitrogen and oxygen atoms in total. The molecule has 1 aliphatic heterocycles. The average Bonchev–Trinajstić information content (AvgIpc) is 2.88. The van der Waals surface area contributed by atoms with Crippen LogP contribution in [-0.4, -0.2) is 42.4 Å². The summed E-state index contributed by atoms with van der Waals surface area (Å²) in [5.41, 5.74) is 2.45. The summed E-state index contributed by atoms with van der Waals surface area (Å²) in [6.45, 7) is 7.41. The van der Waals surface area contributed by atoms with E-state index in [9.17, 15) is 0 Å². The van der Waals surface area contributed by atoms with Crippen molar-refractivity contribution in [1.29, 1.82) is 0 Å². The van der Waals surface area contributed by atoms with Gasteiger partial charge in [-0.1, -0.05) is 12.1 Å². The second kappa shape index (κ2) is 7.65. The summed E-state index contributed by atoms with van der Waals surface area (Å²) in [7, 11) is 0. The van der Waals surface area contributed by atoms with Crippen molar-refractivity contribution >= 4 is 0 Å². The molecule has 20 heavy (non-hydrogen) atoms. The predicted octanol–water partition coefficient (Wildman–Crippen LogP) is 2.92. The highest BCUT2D eigenvalue weighted by Crippen LogP contribution is 2.22. The summed E-state index contributed by atoms with van der Waals surface area (Å²) >= 11 is 0. The minimum atomic E-state index is 0.309. The van der Waals surface area contributed by atoms with Crippen LogP contribution in [0.15, 0.2) is 18.2 Å². The minimum absolute atomic E-state index is 0.309. The Hall–Kier alpha value is -1.06. The predicted molar refractivity (Wildman–Crippen MR) is 82.3 cm³/mol. The van der Waals surface area contributed by atoms with E-state index in [4.69, 9.17) is 9.84 Å². The van der Waals surface area contributed by atoms with Crippen molar-refractivity contribution in [3.05, 3.63) is 29.3 Å². The lowest BCUT2D eigenvalue weighted by molar-refractivity contribution is 0.180. The highest BCUT2D eigenvalue weighted by atomic mass is 16.5. The Labute approximate surface area is 122 Å². The molecule has 0 aliphatic carbocycles. The van der Waals surface area contributed by atoms with E-state index in [0.29, 0.717) is 12.6 Å². The first-order valence-corrected chi connectivity index (χ1v) is 7.75. The van der Waals surface area contributed by atoms with Crippen LogP contribution < -0.4 is 4.74 Å². The lowest BCUT2D eigenvalue weighted by Gasteiger charge is -2.24. The molecule has 0 saturated carbocycles. The van der Waals surface area contributed by atoms with Gasteiger partial charge >= 0.3 is 0 Å². The number of nitrogens with zero attached hydrogens (tertiary/aromatic N) is 1. The van der Waals surface area contributed by atoms with Crippen LogP contribution in [0.25, 0.3) is 0 Å². The molecule has 1 unspecified atom stereocenters. The molecule has 0 bridgehead atoms. The zero-order valence-electron chi connectivity index (χ0n) is 12.8. The third-order valence-electron chi connectivity index (χ3n) is 4.17. The molecule has 0 radical (unpaired) electrons. The Balaban J connectivity index is 1.78. The van der Waals surface area contributed by atoms with E-state index >= 15 is 0 Å². The Morgan fingerprint density at radius 2 is 2.20 bits per heavy atom. The summed E-state index contributed by atoms with van der Waals surface area (Å²) in [5, 5.41) is 8.95. The topological polar surface area (TPSA) is 32.7 Å². The van der Waals surface area contributed by atoms with Crippen molar-refractivity contribution in [1.82, 2.24) is 4.90 Å². The maximum absolute atomic E-state index is 8.95. The molecule has 1 N–H and O–H groups in total. The van der Waals surface area contributed by atoms with Gasteiger partial charge in [-0.15, -0.1) is 0 Å². The second-order valence-corrected chi connectivity index (χ2v) is 5.82. The van der Waals surface area contributed by atoms with E-state index in [1.54, 1.807) is 0 Å². The van der Waals surface area contributed by atoms with Crippen LogP contribution >= 0.6 is 0 Å². The van der Waals surface area contributed by atoms with E-state index in [1.807, 2.05) is 0 Å². The molecule has 1 aromatic rings. The number of rotatable bonds is 7. The summed E-state index contributed by atoms with van der Waals surface area (Å²) < 4.78 is 5.94. The fourth-order valence-corrected chi connectivity index (χ4v) is 2.98. The third-order valence-corrected chi connectivity index (χ3v) is 4.17. The number of aliphatic hydroxyl groups is 1. The van der Waals surface area contributed by atoms with Gasteiger partial charge in [0.25, 0.3) is 0 Å². The zero-order valence-corrected chi connectivity index (χ0v) is 12.8. The Bertz CT molecular complexity index is 419. The largest absolute Gasteiger partial charge is 0.492 e. The monoisotopic (exact) mass is 277 g/mol. The smallest absolute Gasteiger partial charge is 0.122 e. The van der Waals surface area contributed by atoms with Crippen LogP contribution in [0.3, 0.4) is 0 Å². The van der Waals surface area contributed by atoms with Crippen molar-refractivity contribution in [2.24, 2.45) is 0 Å². The maximum atomic E-state index is 8.95. The highest BCUT2D eigenvalue weighted by molar-refractivity contribution is 5.35. The van der Waals surface area contributed by atoms with Crippen molar-refractivity contribution in [2.45, 2.75) is 45.6 Å². The van der Waals surface area contributed by atoms with E-state index in [2.05, 4.69) is 36.9 Å².